The molecule has 0 N–H and O–H groups in total. The van der Waals surface area contributed by atoms with Crippen molar-refractivity contribution in [2.24, 2.45) is 0 Å². The van der Waals surface area contributed by atoms with Crippen LogP contribution < -0.4 is 4.90 Å². The van der Waals surface area contributed by atoms with Gasteiger partial charge in [0.25, 0.3) is 0 Å². The molecule has 2 nitrogen and oxygen atoms in total. The van der Waals surface area contributed by atoms with Gasteiger partial charge >= 0.3 is 0 Å². The summed E-state index contributed by atoms with van der Waals surface area (Å²) in [5.41, 5.74) is 2.60. The highest BCUT2D eigenvalue weighted by atomic mass is 79.9. The molecule has 3 heteroatoms. The van der Waals surface area contributed by atoms with Gasteiger partial charge in [-0.2, -0.15) is 0 Å². The number of hydrogen-bond acceptors (Lipinski definition) is 2. The third kappa shape index (κ3) is 2.41. The standard InChI is InChI=1S/C13H18BrNO/c1-10-4-3-7-15(10)13-6-5-12(14)8-11(13)9-16-2/h5-6,8,10H,3-4,7,9H2,1-2H3/t10-/m0/s1. The molecular formula is C13H18BrNO. The summed E-state index contributed by atoms with van der Waals surface area (Å²) in [6.45, 7) is 4.14. The van der Waals surface area contributed by atoms with Crippen LogP contribution in [0.5, 0.6) is 0 Å². The summed E-state index contributed by atoms with van der Waals surface area (Å²) in [5.74, 6) is 0. The third-order valence-corrected chi connectivity index (χ3v) is 3.70. The lowest BCUT2D eigenvalue weighted by Crippen LogP contribution is -2.27. The zero-order valence-electron chi connectivity index (χ0n) is 9.87. The van der Waals surface area contributed by atoms with Crippen LogP contribution in [0.1, 0.15) is 25.3 Å². The monoisotopic (exact) mass is 283 g/mol. The summed E-state index contributed by atoms with van der Waals surface area (Å²) in [5, 5.41) is 0. The van der Waals surface area contributed by atoms with E-state index >= 15 is 0 Å². The van der Waals surface area contributed by atoms with E-state index in [2.05, 4.69) is 46.0 Å². The lowest BCUT2D eigenvalue weighted by molar-refractivity contribution is 0.185. The van der Waals surface area contributed by atoms with Gasteiger partial charge in [-0.3, -0.25) is 0 Å². The second-order valence-electron chi connectivity index (χ2n) is 4.39. The van der Waals surface area contributed by atoms with Gasteiger partial charge in [0.1, 0.15) is 0 Å². The largest absolute Gasteiger partial charge is 0.380 e. The number of halogens is 1. The molecule has 1 aromatic rings. The van der Waals surface area contributed by atoms with Crippen LogP contribution in [0.25, 0.3) is 0 Å². The highest BCUT2D eigenvalue weighted by Gasteiger charge is 2.22. The number of methoxy groups -OCH3 is 1. The molecule has 0 bridgehead atoms. The first-order valence-electron chi connectivity index (χ1n) is 5.76. The number of nitrogens with zero attached hydrogens (tertiary/aromatic N) is 1. The molecule has 0 amide bonds. The summed E-state index contributed by atoms with van der Waals surface area (Å²) < 4.78 is 6.39. The first-order valence-corrected chi connectivity index (χ1v) is 6.55. The van der Waals surface area contributed by atoms with E-state index in [1.165, 1.54) is 30.6 Å². The molecule has 1 aromatic carbocycles. The van der Waals surface area contributed by atoms with Crippen LogP contribution in [0.4, 0.5) is 5.69 Å². The lowest BCUT2D eigenvalue weighted by atomic mass is 10.1. The minimum Gasteiger partial charge on any atom is -0.380 e. The fraction of sp³-hybridized carbons (Fsp3) is 0.538. The molecule has 0 saturated carbocycles. The summed E-state index contributed by atoms with van der Waals surface area (Å²) in [6, 6.07) is 7.11. The SMILES string of the molecule is COCc1cc(Br)ccc1N1CCC[C@@H]1C. The van der Waals surface area contributed by atoms with Crippen molar-refractivity contribution >= 4 is 21.6 Å². The fourth-order valence-corrected chi connectivity index (χ4v) is 2.81. The van der Waals surface area contributed by atoms with E-state index in [-0.39, 0.29) is 0 Å². The second kappa shape index (κ2) is 5.19. The summed E-state index contributed by atoms with van der Waals surface area (Å²) >= 11 is 3.52. The van der Waals surface area contributed by atoms with Gasteiger partial charge in [0.2, 0.25) is 0 Å². The number of ether oxygens (including phenoxy) is 1. The molecule has 0 radical (unpaired) electrons. The minimum atomic E-state index is 0.650. The predicted octanol–water partition coefficient (Wildman–Crippen LogP) is 3.58. The normalized spacial score (nSPS) is 20.4. The van der Waals surface area contributed by atoms with E-state index in [1.807, 2.05) is 0 Å². The Morgan fingerprint density at radius 3 is 2.94 bits per heavy atom. The Bertz CT molecular complexity index is 367. The molecular weight excluding hydrogens is 266 g/mol. The van der Waals surface area contributed by atoms with E-state index in [0.29, 0.717) is 12.6 Å². The lowest BCUT2D eigenvalue weighted by Gasteiger charge is -2.26. The number of anilines is 1. The first kappa shape index (κ1) is 11.9. The van der Waals surface area contributed by atoms with Crippen LogP contribution in [-0.2, 0) is 11.3 Å². The molecule has 0 unspecified atom stereocenters. The van der Waals surface area contributed by atoms with E-state index in [4.69, 9.17) is 4.74 Å². The maximum Gasteiger partial charge on any atom is 0.0733 e. The maximum absolute atomic E-state index is 5.27. The van der Waals surface area contributed by atoms with Crippen LogP contribution in [-0.4, -0.2) is 19.7 Å². The molecule has 1 aliphatic heterocycles. The second-order valence-corrected chi connectivity index (χ2v) is 5.31. The molecule has 0 aliphatic carbocycles. The van der Waals surface area contributed by atoms with Gasteiger partial charge in [0, 0.05) is 35.4 Å². The number of hydrogen-bond donors (Lipinski definition) is 0. The van der Waals surface area contributed by atoms with Crippen molar-refractivity contribution in [3.05, 3.63) is 28.2 Å². The van der Waals surface area contributed by atoms with Crippen molar-refractivity contribution in [1.29, 1.82) is 0 Å². The van der Waals surface area contributed by atoms with Crippen molar-refractivity contribution in [2.75, 3.05) is 18.6 Å². The molecule has 2 rings (SSSR count). The number of rotatable bonds is 3. The van der Waals surface area contributed by atoms with Gasteiger partial charge < -0.3 is 9.64 Å². The molecule has 1 atom stereocenters. The first-order chi connectivity index (χ1) is 7.72. The van der Waals surface area contributed by atoms with Crippen molar-refractivity contribution in [1.82, 2.24) is 0 Å². The van der Waals surface area contributed by atoms with Gasteiger partial charge in [-0.05, 0) is 38.0 Å². The van der Waals surface area contributed by atoms with Crippen molar-refractivity contribution in [3.63, 3.8) is 0 Å². The summed E-state index contributed by atoms with van der Waals surface area (Å²) in [4.78, 5) is 2.49. The van der Waals surface area contributed by atoms with Gasteiger partial charge in [-0.25, -0.2) is 0 Å². The van der Waals surface area contributed by atoms with Gasteiger partial charge in [-0.1, -0.05) is 15.9 Å². The van der Waals surface area contributed by atoms with Crippen LogP contribution in [0.3, 0.4) is 0 Å². The highest BCUT2D eigenvalue weighted by molar-refractivity contribution is 9.10. The molecule has 1 heterocycles. The molecule has 88 valence electrons. The summed E-state index contributed by atoms with van der Waals surface area (Å²) in [6.07, 6.45) is 2.59. The maximum atomic E-state index is 5.27. The fourth-order valence-electron chi connectivity index (χ4n) is 2.40. The Hall–Kier alpha value is -0.540. The smallest absolute Gasteiger partial charge is 0.0733 e. The van der Waals surface area contributed by atoms with E-state index in [9.17, 15) is 0 Å². The van der Waals surface area contributed by atoms with E-state index in [0.717, 1.165) is 4.47 Å². The van der Waals surface area contributed by atoms with Crippen LogP contribution in [0.2, 0.25) is 0 Å². The molecule has 1 fully saturated rings. The molecule has 1 saturated heterocycles. The Balaban J connectivity index is 2.31. The summed E-state index contributed by atoms with van der Waals surface area (Å²) in [7, 11) is 1.75. The Morgan fingerprint density at radius 2 is 2.31 bits per heavy atom. The topological polar surface area (TPSA) is 12.5 Å². The average molecular weight is 284 g/mol. The van der Waals surface area contributed by atoms with Crippen molar-refractivity contribution in [2.45, 2.75) is 32.4 Å². The molecule has 1 aliphatic rings. The molecule has 16 heavy (non-hydrogen) atoms. The van der Waals surface area contributed by atoms with Gasteiger partial charge in [0.05, 0.1) is 6.61 Å². The quantitative estimate of drug-likeness (QED) is 0.841. The Labute approximate surface area is 106 Å². The van der Waals surface area contributed by atoms with Gasteiger partial charge in [-0.15, -0.1) is 0 Å². The minimum absolute atomic E-state index is 0.650. The predicted molar refractivity (Wildman–Crippen MR) is 70.9 cm³/mol. The third-order valence-electron chi connectivity index (χ3n) is 3.20. The zero-order valence-corrected chi connectivity index (χ0v) is 11.5. The van der Waals surface area contributed by atoms with Gasteiger partial charge in [0.15, 0.2) is 0 Å². The van der Waals surface area contributed by atoms with E-state index < -0.39 is 0 Å². The Morgan fingerprint density at radius 1 is 1.50 bits per heavy atom. The number of benzene rings is 1. The molecule has 0 aromatic heterocycles. The van der Waals surface area contributed by atoms with Crippen molar-refractivity contribution < 1.29 is 4.74 Å². The Kier molecular flexibility index (Phi) is 3.87. The van der Waals surface area contributed by atoms with Crippen LogP contribution in [0.15, 0.2) is 22.7 Å². The van der Waals surface area contributed by atoms with Crippen LogP contribution in [0, 0.1) is 0 Å². The van der Waals surface area contributed by atoms with Crippen LogP contribution >= 0.6 is 15.9 Å². The van der Waals surface area contributed by atoms with E-state index in [1.54, 1.807) is 7.11 Å². The van der Waals surface area contributed by atoms with Crippen molar-refractivity contribution in [3.8, 4) is 0 Å². The highest BCUT2D eigenvalue weighted by Crippen LogP contribution is 2.30. The average Bonchev–Trinajstić information content (AvgIpc) is 2.65. The molecule has 0 spiro atoms. The zero-order chi connectivity index (χ0) is 11.5.